The van der Waals surface area contributed by atoms with Gasteiger partial charge in [0.05, 0.1) is 18.8 Å². The quantitative estimate of drug-likeness (QED) is 0.787. The molecule has 0 atom stereocenters. The van der Waals surface area contributed by atoms with E-state index in [1.807, 2.05) is 43.4 Å². The number of hydrogen-bond acceptors (Lipinski definition) is 5. The van der Waals surface area contributed by atoms with Crippen molar-refractivity contribution >= 4 is 29.3 Å². The predicted molar refractivity (Wildman–Crippen MR) is 93.3 cm³/mol. The highest BCUT2D eigenvalue weighted by Gasteiger charge is 2.36. The Morgan fingerprint density at radius 3 is 2.55 bits per heavy atom. The van der Waals surface area contributed by atoms with Gasteiger partial charge in [0, 0.05) is 28.4 Å². The van der Waals surface area contributed by atoms with Crippen LogP contribution in [0.2, 0.25) is 0 Å². The van der Waals surface area contributed by atoms with Gasteiger partial charge >= 0.3 is 0 Å². The summed E-state index contributed by atoms with van der Waals surface area (Å²) in [5, 5.41) is 0. The predicted octanol–water partition coefficient (Wildman–Crippen LogP) is 3.57. The summed E-state index contributed by atoms with van der Waals surface area (Å²) in [4.78, 5) is 17.9. The number of carbonyl (C=O) groups excluding carboxylic acids is 1. The first-order valence-corrected chi connectivity index (χ1v) is 9.83. The molecule has 1 fully saturated rings. The van der Waals surface area contributed by atoms with Crippen molar-refractivity contribution in [1.82, 2.24) is 4.90 Å². The van der Waals surface area contributed by atoms with Crippen LogP contribution in [0.3, 0.4) is 0 Å². The number of thioether (sulfide) groups is 2. The maximum absolute atomic E-state index is 13.0. The molecule has 3 nitrogen and oxygen atoms in total. The molecule has 0 aromatic heterocycles. The average Bonchev–Trinajstić information content (AvgIpc) is 2.79. The van der Waals surface area contributed by atoms with Crippen LogP contribution in [-0.2, 0) is 4.74 Å². The molecule has 120 valence electrons. The Labute approximate surface area is 141 Å². The summed E-state index contributed by atoms with van der Waals surface area (Å²) in [6, 6.07) is 6.23. The fourth-order valence-corrected chi connectivity index (χ4v) is 5.26. The molecule has 0 bridgehead atoms. The SMILES string of the molecule is CC(C)(C(=O)c1ccc2c(c1)SCCCS2)N1CCOCC1. The molecule has 1 aromatic rings. The zero-order valence-corrected chi connectivity index (χ0v) is 14.9. The fraction of sp³-hybridized carbons (Fsp3) is 0.588. The van der Waals surface area contributed by atoms with E-state index in [1.54, 1.807) is 0 Å². The van der Waals surface area contributed by atoms with Gasteiger partial charge in [0.25, 0.3) is 0 Å². The summed E-state index contributed by atoms with van der Waals surface area (Å²) in [5.41, 5.74) is 0.367. The van der Waals surface area contributed by atoms with Crippen LogP contribution in [0.5, 0.6) is 0 Å². The van der Waals surface area contributed by atoms with E-state index in [1.165, 1.54) is 22.0 Å². The van der Waals surface area contributed by atoms with Crippen molar-refractivity contribution in [3.63, 3.8) is 0 Å². The lowest BCUT2D eigenvalue weighted by molar-refractivity contribution is -0.00430. The number of Topliss-reactive ketones (excluding diaryl/α,β-unsaturated/α-hetero) is 1. The molecule has 2 heterocycles. The van der Waals surface area contributed by atoms with Crippen molar-refractivity contribution in [1.29, 1.82) is 0 Å². The topological polar surface area (TPSA) is 29.5 Å². The third-order valence-corrected chi connectivity index (χ3v) is 6.80. The number of carbonyl (C=O) groups is 1. The Kier molecular flexibility index (Phi) is 5.17. The molecule has 0 N–H and O–H groups in total. The highest BCUT2D eigenvalue weighted by atomic mass is 32.2. The van der Waals surface area contributed by atoms with Crippen LogP contribution in [-0.4, -0.2) is 54.0 Å². The minimum atomic E-state index is -0.472. The van der Waals surface area contributed by atoms with Gasteiger partial charge in [0.2, 0.25) is 0 Å². The van der Waals surface area contributed by atoms with Crippen molar-refractivity contribution < 1.29 is 9.53 Å². The van der Waals surface area contributed by atoms with Gasteiger partial charge in [-0.25, -0.2) is 0 Å². The molecule has 2 aliphatic rings. The molecular formula is C17H23NO2S2. The zero-order valence-electron chi connectivity index (χ0n) is 13.3. The first-order valence-electron chi connectivity index (χ1n) is 7.86. The zero-order chi connectivity index (χ0) is 15.6. The monoisotopic (exact) mass is 337 g/mol. The summed E-state index contributed by atoms with van der Waals surface area (Å²) in [7, 11) is 0. The molecule has 22 heavy (non-hydrogen) atoms. The van der Waals surface area contributed by atoms with Gasteiger partial charge in [-0.15, -0.1) is 23.5 Å². The number of rotatable bonds is 3. The smallest absolute Gasteiger partial charge is 0.182 e. The summed E-state index contributed by atoms with van der Waals surface area (Å²) in [6.45, 7) is 7.16. The van der Waals surface area contributed by atoms with E-state index in [2.05, 4.69) is 17.0 Å². The molecule has 5 heteroatoms. The van der Waals surface area contributed by atoms with Gasteiger partial charge in [0.15, 0.2) is 5.78 Å². The Hall–Kier alpha value is -0.490. The lowest BCUT2D eigenvalue weighted by Crippen LogP contribution is -2.54. The lowest BCUT2D eigenvalue weighted by atomic mass is 9.91. The van der Waals surface area contributed by atoms with Crippen molar-refractivity contribution in [2.24, 2.45) is 0 Å². The van der Waals surface area contributed by atoms with Crippen molar-refractivity contribution in [3.8, 4) is 0 Å². The summed E-state index contributed by atoms with van der Waals surface area (Å²) in [6.07, 6.45) is 1.23. The summed E-state index contributed by atoms with van der Waals surface area (Å²) >= 11 is 3.79. The number of morpholine rings is 1. The third-order valence-electron chi connectivity index (χ3n) is 4.37. The second kappa shape index (κ2) is 6.95. The molecule has 1 aromatic carbocycles. The normalized spacial score (nSPS) is 20.3. The van der Waals surface area contributed by atoms with Gasteiger partial charge in [0.1, 0.15) is 0 Å². The van der Waals surface area contributed by atoms with Crippen LogP contribution in [0.4, 0.5) is 0 Å². The van der Waals surface area contributed by atoms with E-state index in [4.69, 9.17) is 4.74 Å². The minimum absolute atomic E-state index is 0.215. The average molecular weight is 338 g/mol. The van der Waals surface area contributed by atoms with E-state index in [0.29, 0.717) is 13.2 Å². The van der Waals surface area contributed by atoms with E-state index >= 15 is 0 Å². The maximum Gasteiger partial charge on any atom is 0.182 e. The third kappa shape index (κ3) is 3.37. The number of ketones is 1. The molecule has 2 aliphatic heterocycles. The second-order valence-corrected chi connectivity index (χ2v) is 8.47. The number of benzene rings is 1. The molecule has 3 rings (SSSR count). The Morgan fingerprint density at radius 1 is 1.14 bits per heavy atom. The summed E-state index contributed by atoms with van der Waals surface area (Å²) < 4.78 is 5.41. The largest absolute Gasteiger partial charge is 0.379 e. The number of ether oxygens (including phenoxy) is 1. The van der Waals surface area contributed by atoms with Crippen LogP contribution in [0, 0.1) is 0 Å². The van der Waals surface area contributed by atoms with E-state index in [0.717, 1.165) is 24.4 Å². The minimum Gasteiger partial charge on any atom is -0.379 e. The first-order chi connectivity index (χ1) is 10.6. The molecule has 1 saturated heterocycles. The number of fused-ring (bicyclic) bond motifs is 1. The number of nitrogens with zero attached hydrogens (tertiary/aromatic N) is 1. The summed E-state index contributed by atoms with van der Waals surface area (Å²) in [5.74, 6) is 2.53. The Morgan fingerprint density at radius 2 is 1.82 bits per heavy atom. The van der Waals surface area contributed by atoms with Crippen molar-refractivity contribution in [2.45, 2.75) is 35.6 Å². The molecule has 0 saturated carbocycles. The van der Waals surface area contributed by atoms with E-state index in [9.17, 15) is 4.79 Å². The first kappa shape index (κ1) is 16.4. The van der Waals surface area contributed by atoms with Crippen LogP contribution in [0.15, 0.2) is 28.0 Å². The number of hydrogen-bond donors (Lipinski definition) is 0. The van der Waals surface area contributed by atoms with Crippen molar-refractivity contribution in [2.75, 3.05) is 37.8 Å². The Bertz CT molecular complexity index is 554. The molecule has 0 aliphatic carbocycles. The molecule has 0 amide bonds. The maximum atomic E-state index is 13.0. The highest BCUT2D eigenvalue weighted by Crippen LogP contribution is 2.36. The second-order valence-electron chi connectivity index (χ2n) is 6.20. The Balaban J connectivity index is 1.83. The van der Waals surface area contributed by atoms with Crippen molar-refractivity contribution in [3.05, 3.63) is 23.8 Å². The standard InChI is InChI=1S/C17H23NO2S2/c1-17(2,18-6-8-20-9-7-18)16(19)13-4-5-14-15(12-13)22-11-3-10-21-14/h4-5,12H,3,6-11H2,1-2H3. The lowest BCUT2D eigenvalue weighted by Gasteiger charge is -2.39. The fourth-order valence-electron chi connectivity index (χ4n) is 2.92. The molecule has 0 radical (unpaired) electrons. The molecular weight excluding hydrogens is 314 g/mol. The van der Waals surface area contributed by atoms with Gasteiger partial charge in [-0.3, -0.25) is 9.69 Å². The molecule has 0 unspecified atom stereocenters. The highest BCUT2D eigenvalue weighted by molar-refractivity contribution is 8.03. The van der Waals surface area contributed by atoms with Crippen LogP contribution < -0.4 is 0 Å². The van der Waals surface area contributed by atoms with Crippen LogP contribution in [0.1, 0.15) is 30.6 Å². The van der Waals surface area contributed by atoms with Crippen LogP contribution >= 0.6 is 23.5 Å². The molecule has 0 spiro atoms. The van der Waals surface area contributed by atoms with Gasteiger partial charge < -0.3 is 4.74 Å². The van der Waals surface area contributed by atoms with Gasteiger partial charge in [-0.05, 0) is 43.9 Å². The van der Waals surface area contributed by atoms with E-state index in [-0.39, 0.29) is 5.78 Å². The van der Waals surface area contributed by atoms with Gasteiger partial charge in [-0.1, -0.05) is 6.07 Å². The van der Waals surface area contributed by atoms with E-state index < -0.39 is 5.54 Å². The van der Waals surface area contributed by atoms with Gasteiger partial charge in [-0.2, -0.15) is 0 Å². The van der Waals surface area contributed by atoms with Crippen LogP contribution in [0.25, 0.3) is 0 Å².